The Balaban J connectivity index is 2.16. The molecule has 1 saturated carbocycles. The van der Waals surface area contributed by atoms with Gasteiger partial charge >= 0.3 is 11.9 Å². The molecule has 0 N–H and O–H groups in total. The van der Waals surface area contributed by atoms with Gasteiger partial charge in [0.2, 0.25) is 0 Å². The van der Waals surface area contributed by atoms with Crippen LogP contribution in [0.4, 0.5) is 0 Å². The zero-order valence-electron chi connectivity index (χ0n) is 12.9. The molecule has 0 bridgehead atoms. The van der Waals surface area contributed by atoms with E-state index in [1.54, 1.807) is 0 Å². The quantitative estimate of drug-likeness (QED) is 0.637. The van der Waals surface area contributed by atoms with Crippen molar-refractivity contribution < 1.29 is 19.1 Å². The Hall–Kier alpha value is -1.06. The molecule has 1 fully saturated rings. The van der Waals surface area contributed by atoms with E-state index in [2.05, 4.69) is 13.8 Å². The van der Waals surface area contributed by atoms with Crippen LogP contribution in [0, 0.1) is 0 Å². The standard InChI is InChI=1S/C16H28O4/c1-3-5-7-15(17)19-13-9-11-14(12-10-13)20-16(18)8-6-4-2/h13-14H,3-12H2,1-2H3. The molecular weight excluding hydrogens is 256 g/mol. The highest BCUT2D eigenvalue weighted by molar-refractivity contribution is 5.70. The molecule has 0 aromatic heterocycles. The fourth-order valence-electron chi connectivity index (χ4n) is 2.40. The van der Waals surface area contributed by atoms with Gasteiger partial charge in [-0.2, -0.15) is 0 Å². The first-order chi connectivity index (χ1) is 9.65. The van der Waals surface area contributed by atoms with Crippen molar-refractivity contribution in [2.45, 2.75) is 90.3 Å². The zero-order valence-corrected chi connectivity index (χ0v) is 12.9. The molecular formula is C16H28O4. The molecule has 4 heteroatoms. The third-order valence-electron chi connectivity index (χ3n) is 3.69. The molecule has 0 aliphatic heterocycles. The molecule has 1 aliphatic rings. The molecule has 20 heavy (non-hydrogen) atoms. The van der Waals surface area contributed by atoms with Crippen molar-refractivity contribution in [3.05, 3.63) is 0 Å². The van der Waals surface area contributed by atoms with E-state index in [-0.39, 0.29) is 24.1 Å². The molecule has 0 unspecified atom stereocenters. The predicted molar refractivity (Wildman–Crippen MR) is 77.3 cm³/mol. The number of unbranched alkanes of at least 4 members (excludes halogenated alkanes) is 2. The summed E-state index contributed by atoms with van der Waals surface area (Å²) in [6, 6.07) is 0. The van der Waals surface area contributed by atoms with Crippen LogP contribution in [-0.4, -0.2) is 24.1 Å². The lowest BCUT2D eigenvalue weighted by Crippen LogP contribution is -2.29. The largest absolute Gasteiger partial charge is 0.462 e. The molecule has 1 aliphatic carbocycles. The molecule has 0 aromatic carbocycles. The summed E-state index contributed by atoms with van der Waals surface area (Å²) in [5.41, 5.74) is 0. The topological polar surface area (TPSA) is 52.6 Å². The number of carbonyl (C=O) groups is 2. The summed E-state index contributed by atoms with van der Waals surface area (Å²) in [6.07, 6.45) is 8.11. The fourth-order valence-corrected chi connectivity index (χ4v) is 2.40. The molecule has 0 saturated heterocycles. The summed E-state index contributed by atoms with van der Waals surface area (Å²) in [4.78, 5) is 23.1. The van der Waals surface area contributed by atoms with Gasteiger partial charge in [0.25, 0.3) is 0 Å². The molecule has 0 amide bonds. The molecule has 1 rings (SSSR count). The van der Waals surface area contributed by atoms with Gasteiger partial charge in [-0.15, -0.1) is 0 Å². The predicted octanol–water partition coefficient (Wildman–Crippen LogP) is 3.76. The number of ether oxygens (including phenoxy) is 2. The third-order valence-corrected chi connectivity index (χ3v) is 3.69. The van der Waals surface area contributed by atoms with Gasteiger partial charge in [-0.25, -0.2) is 0 Å². The minimum Gasteiger partial charge on any atom is -0.462 e. The summed E-state index contributed by atoms with van der Waals surface area (Å²) < 4.78 is 10.9. The summed E-state index contributed by atoms with van der Waals surface area (Å²) in [5.74, 6) is -0.175. The smallest absolute Gasteiger partial charge is 0.306 e. The maximum atomic E-state index is 11.5. The van der Waals surface area contributed by atoms with E-state index >= 15 is 0 Å². The van der Waals surface area contributed by atoms with Crippen molar-refractivity contribution in [1.29, 1.82) is 0 Å². The molecule has 116 valence electrons. The Labute approximate surface area is 122 Å². The second-order valence-electron chi connectivity index (χ2n) is 5.59. The lowest BCUT2D eigenvalue weighted by atomic mass is 9.95. The Bertz CT molecular complexity index is 263. The van der Waals surface area contributed by atoms with Crippen LogP contribution in [-0.2, 0) is 19.1 Å². The molecule has 0 atom stereocenters. The third kappa shape index (κ3) is 6.92. The van der Waals surface area contributed by atoms with Gasteiger partial charge in [-0.1, -0.05) is 26.7 Å². The van der Waals surface area contributed by atoms with Gasteiger partial charge in [0.15, 0.2) is 0 Å². The van der Waals surface area contributed by atoms with Gasteiger partial charge in [0.1, 0.15) is 12.2 Å². The average Bonchev–Trinajstić information content (AvgIpc) is 2.45. The Morgan fingerprint density at radius 3 is 1.45 bits per heavy atom. The van der Waals surface area contributed by atoms with Crippen molar-refractivity contribution in [2.75, 3.05) is 0 Å². The van der Waals surface area contributed by atoms with Gasteiger partial charge < -0.3 is 9.47 Å². The van der Waals surface area contributed by atoms with E-state index in [0.717, 1.165) is 51.4 Å². The minimum absolute atomic E-state index is 0.0185. The Morgan fingerprint density at radius 2 is 1.15 bits per heavy atom. The maximum absolute atomic E-state index is 11.5. The SMILES string of the molecule is CCCCC(=O)OC1CCC(OC(=O)CCCC)CC1. The monoisotopic (exact) mass is 284 g/mol. The van der Waals surface area contributed by atoms with Gasteiger partial charge in [0, 0.05) is 12.8 Å². The van der Waals surface area contributed by atoms with E-state index in [1.807, 2.05) is 0 Å². The number of hydrogen-bond donors (Lipinski definition) is 0. The highest BCUT2D eigenvalue weighted by Crippen LogP contribution is 2.24. The lowest BCUT2D eigenvalue weighted by molar-refractivity contribution is -0.158. The van der Waals surface area contributed by atoms with Crippen LogP contribution in [0.2, 0.25) is 0 Å². The Kier molecular flexibility index (Phi) is 8.31. The molecule has 0 aromatic rings. The van der Waals surface area contributed by atoms with Crippen LogP contribution in [0.25, 0.3) is 0 Å². The second kappa shape index (κ2) is 9.78. The van der Waals surface area contributed by atoms with E-state index in [0.29, 0.717) is 12.8 Å². The van der Waals surface area contributed by atoms with E-state index in [9.17, 15) is 9.59 Å². The van der Waals surface area contributed by atoms with Crippen molar-refractivity contribution in [3.63, 3.8) is 0 Å². The first-order valence-corrected chi connectivity index (χ1v) is 8.04. The average molecular weight is 284 g/mol. The van der Waals surface area contributed by atoms with E-state index < -0.39 is 0 Å². The highest BCUT2D eigenvalue weighted by Gasteiger charge is 2.25. The maximum Gasteiger partial charge on any atom is 0.306 e. The van der Waals surface area contributed by atoms with Crippen LogP contribution >= 0.6 is 0 Å². The van der Waals surface area contributed by atoms with Gasteiger partial charge in [-0.05, 0) is 38.5 Å². The number of rotatable bonds is 8. The van der Waals surface area contributed by atoms with Crippen molar-refractivity contribution in [2.24, 2.45) is 0 Å². The summed E-state index contributed by atoms with van der Waals surface area (Å²) in [5, 5.41) is 0. The van der Waals surface area contributed by atoms with Gasteiger partial charge in [0.05, 0.1) is 0 Å². The van der Waals surface area contributed by atoms with Crippen LogP contribution in [0.15, 0.2) is 0 Å². The fraction of sp³-hybridized carbons (Fsp3) is 0.875. The summed E-state index contributed by atoms with van der Waals surface area (Å²) >= 11 is 0. The molecule has 0 spiro atoms. The van der Waals surface area contributed by atoms with Crippen molar-refractivity contribution in [3.8, 4) is 0 Å². The minimum atomic E-state index is -0.0877. The van der Waals surface area contributed by atoms with Gasteiger partial charge in [-0.3, -0.25) is 9.59 Å². The molecule has 0 heterocycles. The number of esters is 2. The Morgan fingerprint density at radius 1 is 0.800 bits per heavy atom. The van der Waals surface area contributed by atoms with Crippen LogP contribution in [0.5, 0.6) is 0 Å². The van der Waals surface area contributed by atoms with E-state index in [1.165, 1.54) is 0 Å². The van der Waals surface area contributed by atoms with Crippen LogP contribution < -0.4 is 0 Å². The normalized spacial score (nSPS) is 22.3. The zero-order chi connectivity index (χ0) is 14.8. The highest BCUT2D eigenvalue weighted by atomic mass is 16.6. The number of hydrogen-bond acceptors (Lipinski definition) is 4. The van der Waals surface area contributed by atoms with E-state index in [4.69, 9.17) is 9.47 Å². The second-order valence-corrected chi connectivity index (χ2v) is 5.59. The number of carbonyl (C=O) groups excluding carboxylic acids is 2. The molecule has 4 nitrogen and oxygen atoms in total. The van der Waals surface area contributed by atoms with Crippen LogP contribution in [0.1, 0.15) is 78.1 Å². The van der Waals surface area contributed by atoms with Crippen molar-refractivity contribution >= 4 is 11.9 Å². The summed E-state index contributed by atoms with van der Waals surface area (Å²) in [7, 11) is 0. The lowest BCUT2D eigenvalue weighted by Gasteiger charge is -2.28. The van der Waals surface area contributed by atoms with Crippen molar-refractivity contribution in [1.82, 2.24) is 0 Å². The molecule has 0 radical (unpaired) electrons. The summed E-state index contributed by atoms with van der Waals surface area (Å²) in [6.45, 7) is 4.12. The first kappa shape index (κ1) is 17.0. The first-order valence-electron chi connectivity index (χ1n) is 8.04. The van der Waals surface area contributed by atoms with Crippen LogP contribution in [0.3, 0.4) is 0 Å².